The second kappa shape index (κ2) is 10.1. The van der Waals surface area contributed by atoms with Gasteiger partial charge in [0, 0.05) is 58.2 Å². The van der Waals surface area contributed by atoms with E-state index in [1.165, 1.54) is 18.0 Å². The zero-order valence-corrected chi connectivity index (χ0v) is 17.2. The van der Waals surface area contributed by atoms with Gasteiger partial charge in [-0.2, -0.15) is 0 Å². The first-order valence-electron chi connectivity index (χ1n) is 9.96. The van der Waals surface area contributed by atoms with Gasteiger partial charge in [-0.15, -0.1) is 0 Å². The van der Waals surface area contributed by atoms with Crippen molar-refractivity contribution >= 4 is 11.8 Å². The molecule has 7 nitrogen and oxygen atoms in total. The zero-order valence-electron chi connectivity index (χ0n) is 17.2. The minimum absolute atomic E-state index is 0.0696. The van der Waals surface area contributed by atoms with Crippen molar-refractivity contribution in [2.24, 2.45) is 0 Å². The Balaban J connectivity index is 1.53. The molecule has 0 radical (unpaired) electrons. The van der Waals surface area contributed by atoms with Crippen molar-refractivity contribution in [3.8, 4) is 0 Å². The van der Waals surface area contributed by atoms with E-state index in [4.69, 9.17) is 0 Å². The van der Waals surface area contributed by atoms with Crippen LogP contribution in [0.1, 0.15) is 26.3 Å². The molecule has 1 fully saturated rings. The Kier molecular flexibility index (Phi) is 7.32. The molecular weight excluding hydrogens is 366 g/mol. The van der Waals surface area contributed by atoms with Gasteiger partial charge in [-0.25, -0.2) is 0 Å². The van der Waals surface area contributed by atoms with Crippen molar-refractivity contribution in [2.75, 3.05) is 53.4 Å². The number of hydrogen-bond acceptors (Lipinski definition) is 5. The van der Waals surface area contributed by atoms with E-state index in [1.54, 1.807) is 6.07 Å². The second-order valence-corrected chi connectivity index (χ2v) is 7.58. The second-order valence-electron chi connectivity index (χ2n) is 7.58. The van der Waals surface area contributed by atoms with E-state index in [0.717, 1.165) is 26.2 Å². The van der Waals surface area contributed by atoms with Gasteiger partial charge in [0.15, 0.2) is 0 Å². The molecule has 3 rings (SSSR count). The number of carbonyl (C=O) groups excluding carboxylic acids is 2. The third-order valence-electron chi connectivity index (χ3n) is 5.00. The standard InChI is InChI=1S/C22H29N5O2/c1-25(2)9-8-24-21(28)19-14-20(16-23-15-19)22(29)27-12-10-26(11-13-27)17-18-6-4-3-5-7-18/h3-7,14-16H,8-13,17H2,1-2H3,(H,24,28). The lowest BCUT2D eigenvalue weighted by Crippen LogP contribution is -2.48. The SMILES string of the molecule is CN(C)CCNC(=O)c1cncc(C(=O)N2CCN(Cc3ccccc3)CC2)c1. The molecule has 0 unspecified atom stereocenters. The number of piperazine rings is 1. The summed E-state index contributed by atoms with van der Waals surface area (Å²) in [5.74, 6) is -0.276. The molecule has 1 saturated heterocycles. The molecule has 154 valence electrons. The first-order chi connectivity index (χ1) is 14.0. The monoisotopic (exact) mass is 395 g/mol. The summed E-state index contributed by atoms with van der Waals surface area (Å²) in [5, 5.41) is 2.85. The number of benzene rings is 1. The van der Waals surface area contributed by atoms with Gasteiger partial charge >= 0.3 is 0 Å². The first kappa shape index (κ1) is 21.0. The average molecular weight is 396 g/mol. The van der Waals surface area contributed by atoms with Crippen LogP contribution < -0.4 is 5.32 Å². The quantitative estimate of drug-likeness (QED) is 0.766. The summed E-state index contributed by atoms with van der Waals surface area (Å²) in [4.78, 5) is 35.5. The maximum Gasteiger partial charge on any atom is 0.255 e. The van der Waals surface area contributed by atoms with Crippen LogP contribution in [0.2, 0.25) is 0 Å². The fraction of sp³-hybridized carbons (Fsp3) is 0.409. The molecule has 0 bridgehead atoms. The molecule has 1 N–H and O–H groups in total. The number of amides is 2. The van der Waals surface area contributed by atoms with Crippen molar-refractivity contribution in [1.29, 1.82) is 0 Å². The Morgan fingerprint density at radius 3 is 2.41 bits per heavy atom. The van der Waals surface area contributed by atoms with Gasteiger partial charge in [0.05, 0.1) is 11.1 Å². The van der Waals surface area contributed by atoms with E-state index < -0.39 is 0 Å². The highest BCUT2D eigenvalue weighted by atomic mass is 16.2. The Morgan fingerprint density at radius 2 is 1.72 bits per heavy atom. The summed E-state index contributed by atoms with van der Waals surface area (Å²) >= 11 is 0. The lowest BCUT2D eigenvalue weighted by atomic mass is 10.1. The largest absolute Gasteiger partial charge is 0.351 e. The number of nitrogens with zero attached hydrogens (tertiary/aromatic N) is 4. The number of pyridine rings is 1. The summed E-state index contributed by atoms with van der Waals surface area (Å²) in [5.41, 5.74) is 2.16. The molecule has 0 saturated carbocycles. The molecular formula is C22H29N5O2. The van der Waals surface area contributed by atoms with Gasteiger partial charge in [-0.1, -0.05) is 30.3 Å². The van der Waals surface area contributed by atoms with Gasteiger partial charge in [0.1, 0.15) is 0 Å². The number of aromatic nitrogens is 1. The van der Waals surface area contributed by atoms with Crippen LogP contribution >= 0.6 is 0 Å². The highest BCUT2D eigenvalue weighted by molar-refractivity contribution is 5.99. The Morgan fingerprint density at radius 1 is 1.03 bits per heavy atom. The molecule has 0 aliphatic carbocycles. The van der Waals surface area contributed by atoms with Crippen molar-refractivity contribution in [3.63, 3.8) is 0 Å². The topological polar surface area (TPSA) is 68.8 Å². The number of likely N-dealkylation sites (N-methyl/N-ethyl adjacent to an activating group) is 1. The number of rotatable bonds is 7. The van der Waals surface area contributed by atoms with Crippen LogP contribution in [0.25, 0.3) is 0 Å². The van der Waals surface area contributed by atoms with Crippen LogP contribution in [0, 0.1) is 0 Å². The van der Waals surface area contributed by atoms with Gasteiger partial charge < -0.3 is 15.1 Å². The van der Waals surface area contributed by atoms with Crippen LogP contribution in [0.3, 0.4) is 0 Å². The number of hydrogen-bond donors (Lipinski definition) is 1. The van der Waals surface area contributed by atoms with E-state index in [1.807, 2.05) is 42.1 Å². The van der Waals surface area contributed by atoms with E-state index in [-0.39, 0.29) is 11.8 Å². The van der Waals surface area contributed by atoms with E-state index >= 15 is 0 Å². The van der Waals surface area contributed by atoms with Crippen LogP contribution in [0.4, 0.5) is 0 Å². The average Bonchev–Trinajstić information content (AvgIpc) is 2.74. The third kappa shape index (κ3) is 6.10. The highest BCUT2D eigenvalue weighted by Gasteiger charge is 2.23. The highest BCUT2D eigenvalue weighted by Crippen LogP contribution is 2.12. The molecule has 29 heavy (non-hydrogen) atoms. The molecule has 1 aromatic heterocycles. The Hall–Kier alpha value is -2.77. The summed E-state index contributed by atoms with van der Waals surface area (Å²) in [6.07, 6.45) is 3.04. The predicted octanol–water partition coefficient (Wildman–Crippen LogP) is 1.33. The maximum absolute atomic E-state index is 12.9. The fourth-order valence-electron chi connectivity index (χ4n) is 3.31. The molecule has 2 aromatic rings. The van der Waals surface area contributed by atoms with Gasteiger partial charge in [-0.3, -0.25) is 19.5 Å². The van der Waals surface area contributed by atoms with Crippen LogP contribution in [0.15, 0.2) is 48.8 Å². The summed E-state index contributed by atoms with van der Waals surface area (Å²) < 4.78 is 0. The normalized spacial score (nSPS) is 14.8. The molecule has 2 heterocycles. The maximum atomic E-state index is 12.9. The summed E-state index contributed by atoms with van der Waals surface area (Å²) in [6, 6.07) is 12.0. The fourth-order valence-corrected chi connectivity index (χ4v) is 3.31. The molecule has 1 aromatic carbocycles. The smallest absolute Gasteiger partial charge is 0.255 e. The van der Waals surface area contributed by atoms with E-state index in [9.17, 15) is 9.59 Å². The molecule has 0 spiro atoms. The molecule has 0 atom stereocenters. The van der Waals surface area contributed by atoms with Crippen LogP contribution in [-0.2, 0) is 6.54 Å². The minimum Gasteiger partial charge on any atom is -0.351 e. The van der Waals surface area contributed by atoms with Gasteiger partial charge in [0.25, 0.3) is 11.8 Å². The van der Waals surface area contributed by atoms with Crippen LogP contribution in [0.5, 0.6) is 0 Å². The Bertz CT molecular complexity index is 817. The van der Waals surface area contributed by atoms with E-state index in [0.29, 0.717) is 30.8 Å². The Labute approximate surface area is 172 Å². The summed E-state index contributed by atoms with van der Waals surface area (Å²) in [6.45, 7) is 5.21. The zero-order chi connectivity index (χ0) is 20.6. The third-order valence-corrected chi connectivity index (χ3v) is 5.00. The van der Waals surface area contributed by atoms with E-state index in [2.05, 4.69) is 27.3 Å². The molecule has 7 heteroatoms. The lowest BCUT2D eigenvalue weighted by Gasteiger charge is -2.34. The number of carbonyl (C=O) groups is 2. The lowest BCUT2D eigenvalue weighted by molar-refractivity contribution is 0.0628. The minimum atomic E-state index is -0.207. The van der Waals surface area contributed by atoms with Crippen molar-refractivity contribution in [1.82, 2.24) is 25.0 Å². The van der Waals surface area contributed by atoms with Gasteiger partial charge in [0.2, 0.25) is 0 Å². The summed E-state index contributed by atoms with van der Waals surface area (Å²) in [7, 11) is 3.90. The van der Waals surface area contributed by atoms with Crippen molar-refractivity contribution < 1.29 is 9.59 Å². The first-order valence-corrected chi connectivity index (χ1v) is 9.96. The van der Waals surface area contributed by atoms with Crippen LogP contribution in [-0.4, -0.2) is 84.9 Å². The molecule has 2 amide bonds. The molecule has 1 aliphatic rings. The van der Waals surface area contributed by atoms with Gasteiger partial charge in [-0.05, 0) is 25.7 Å². The van der Waals surface area contributed by atoms with Crippen molar-refractivity contribution in [2.45, 2.75) is 6.54 Å². The molecule has 1 aliphatic heterocycles. The predicted molar refractivity (Wildman–Crippen MR) is 113 cm³/mol. The number of nitrogens with one attached hydrogen (secondary N) is 1. The van der Waals surface area contributed by atoms with Crippen molar-refractivity contribution in [3.05, 3.63) is 65.5 Å².